The molecule has 1 aromatic heterocycles. The predicted molar refractivity (Wildman–Crippen MR) is 52.8 cm³/mol. The van der Waals surface area contributed by atoms with Gasteiger partial charge in [0.15, 0.2) is 0 Å². The van der Waals surface area contributed by atoms with Crippen LogP contribution in [0.15, 0.2) is 0 Å². The van der Waals surface area contributed by atoms with E-state index in [2.05, 4.69) is 14.9 Å². The fraction of sp³-hybridized carbons (Fsp3) is 0.600. The first kappa shape index (κ1) is 10.7. The fourth-order valence-electron chi connectivity index (χ4n) is 0.623. The second-order valence-electron chi connectivity index (χ2n) is 2.24. The van der Waals surface area contributed by atoms with E-state index in [0.29, 0.717) is 5.01 Å². The van der Waals surface area contributed by atoms with Gasteiger partial charge in [-0.25, -0.2) is 8.42 Å². The van der Waals surface area contributed by atoms with Crippen molar-refractivity contribution >= 4 is 38.1 Å². The molecular formula is C5H8ClN3O2S2. The van der Waals surface area contributed by atoms with Crippen LogP contribution in [0.5, 0.6) is 0 Å². The van der Waals surface area contributed by atoms with Crippen LogP contribution in [-0.4, -0.2) is 30.2 Å². The maximum Gasteiger partial charge on any atom is 0.235 e. The first-order valence-electron chi connectivity index (χ1n) is 3.40. The van der Waals surface area contributed by atoms with Gasteiger partial charge in [-0.3, -0.25) is 4.72 Å². The first-order valence-corrected chi connectivity index (χ1v) is 6.40. The lowest BCUT2D eigenvalue weighted by molar-refractivity contribution is 0.602. The van der Waals surface area contributed by atoms with Crippen molar-refractivity contribution in [2.75, 3.05) is 16.4 Å². The Morgan fingerprint density at radius 1 is 1.54 bits per heavy atom. The van der Waals surface area contributed by atoms with E-state index in [0.717, 1.165) is 0 Å². The van der Waals surface area contributed by atoms with Crippen molar-refractivity contribution in [1.29, 1.82) is 0 Å². The zero-order valence-electron chi connectivity index (χ0n) is 6.82. The maximum absolute atomic E-state index is 11.2. The quantitative estimate of drug-likeness (QED) is 0.793. The Labute approximate surface area is 85.2 Å². The van der Waals surface area contributed by atoms with Gasteiger partial charge in [0.05, 0.1) is 5.75 Å². The molecule has 0 aliphatic rings. The summed E-state index contributed by atoms with van der Waals surface area (Å²) in [6.07, 6.45) is 0. The topological polar surface area (TPSA) is 72.0 Å². The monoisotopic (exact) mass is 241 g/mol. The maximum atomic E-state index is 11.2. The van der Waals surface area contributed by atoms with E-state index in [1.54, 1.807) is 6.92 Å². The highest BCUT2D eigenvalue weighted by atomic mass is 35.5. The standard InChI is InChI=1S/C5H8ClN3O2S2/c1-4-7-8-5(12-4)9-13(10,11)3-2-6/h2-3H2,1H3,(H,8,9). The molecule has 74 valence electrons. The third kappa shape index (κ3) is 3.45. The lowest BCUT2D eigenvalue weighted by Gasteiger charge is -2.00. The molecule has 0 fully saturated rings. The minimum Gasteiger partial charge on any atom is -0.257 e. The molecular weight excluding hydrogens is 234 g/mol. The van der Waals surface area contributed by atoms with Gasteiger partial charge in [0.25, 0.3) is 0 Å². The summed E-state index contributed by atoms with van der Waals surface area (Å²) in [5.74, 6) is -0.0553. The summed E-state index contributed by atoms with van der Waals surface area (Å²) in [5.41, 5.74) is 0. The van der Waals surface area contributed by atoms with Gasteiger partial charge in [0.2, 0.25) is 15.2 Å². The summed E-state index contributed by atoms with van der Waals surface area (Å²) in [4.78, 5) is 0. The van der Waals surface area contributed by atoms with Gasteiger partial charge in [-0.2, -0.15) is 0 Å². The molecule has 0 radical (unpaired) electrons. The van der Waals surface area contributed by atoms with E-state index in [1.807, 2.05) is 0 Å². The number of sulfonamides is 1. The van der Waals surface area contributed by atoms with Crippen molar-refractivity contribution in [3.63, 3.8) is 0 Å². The van der Waals surface area contributed by atoms with Crippen LogP contribution < -0.4 is 4.72 Å². The molecule has 1 aromatic rings. The van der Waals surface area contributed by atoms with Crippen molar-refractivity contribution in [2.24, 2.45) is 0 Å². The Balaban J connectivity index is 2.69. The Kier molecular flexibility index (Phi) is 3.46. The average Bonchev–Trinajstić information content (AvgIpc) is 2.34. The third-order valence-corrected chi connectivity index (χ3v) is 3.66. The number of nitrogens with one attached hydrogen (secondary N) is 1. The van der Waals surface area contributed by atoms with Crippen LogP contribution in [0.1, 0.15) is 5.01 Å². The zero-order chi connectivity index (χ0) is 9.90. The molecule has 1 heterocycles. The highest BCUT2D eigenvalue weighted by molar-refractivity contribution is 7.92. The van der Waals surface area contributed by atoms with Gasteiger partial charge in [0, 0.05) is 5.88 Å². The van der Waals surface area contributed by atoms with Crippen LogP contribution in [0.2, 0.25) is 0 Å². The van der Waals surface area contributed by atoms with E-state index < -0.39 is 10.0 Å². The van der Waals surface area contributed by atoms with Gasteiger partial charge >= 0.3 is 0 Å². The molecule has 0 bridgehead atoms. The predicted octanol–water partition coefficient (Wildman–Crippen LogP) is 0.827. The molecule has 0 amide bonds. The summed E-state index contributed by atoms with van der Waals surface area (Å²) < 4.78 is 24.6. The van der Waals surface area contributed by atoms with E-state index >= 15 is 0 Å². The van der Waals surface area contributed by atoms with Crippen LogP contribution in [0, 0.1) is 6.92 Å². The Morgan fingerprint density at radius 2 is 2.23 bits per heavy atom. The normalized spacial score (nSPS) is 11.5. The molecule has 13 heavy (non-hydrogen) atoms. The molecule has 0 spiro atoms. The van der Waals surface area contributed by atoms with Gasteiger partial charge in [-0.15, -0.1) is 21.8 Å². The van der Waals surface area contributed by atoms with Crippen molar-refractivity contribution in [2.45, 2.75) is 6.92 Å². The molecule has 0 aliphatic carbocycles. The fourth-order valence-corrected chi connectivity index (χ4v) is 2.84. The van der Waals surface area contributed by atoms with Crippen LogP contribution in [0.25, 0.3) is 0 Å². The number of aromatic nitrogens is 2. The molecule has 0 aromatic carbocycles. The molecule has 5 nitrogen and oxygen atoms in total. The summed E-state index contributed by atoms with van der Waals surface area (Å²) in [7, 11) is -3.35. The molecule has 0 saturated carbocycles. The minimum absolute atomic E-state index is 0.0626. The van der Waals surface area contributed by atoms with E-state index in [4.69, 9.17) is 11.6 Å². The van der Waals surface area contributed by atoms with Crippen molar-refractivity contribution in [3.8, 4) is 0 Å². The molecule has 0 unspecified atom stereocenters. The average molecular weight is 242 g/mol. The lowest BCUT2D eigenvalue weighted by atomic mass is 10.9. The lowest BCUT2D eigenvalue weighted by Crippen LogP contribution is -2.17. The van der Waals surface area contributed by atoms with Crippen LogP contribution in [0.3, 0.4) is 0 Å². The largest absolute Gasteiger partial charge is 0.257 e. The summed E-state index contributed by atoms with van der Waals surface area (Å²) in [6, 6.07) is 0. The second kappa shape index (κ2) is 4.21. The molecule has 0 saturated heterocycles. The molecule has 0 atom stereocenters. The number of alkyl halides is 1. The van der Waals surface area contributed by atoms with E-state index in [1.165, 1.54) is 11.3 Å². The van der Waals surface area contributed by atoms with Crippen molar-refractivity contribution in [1.82, 2.24) is 10.2 Å². The number of aryl methyl sites for hydroxylation is 1. The molecule has 1 N–H and O–H groups in total. The van der Waals surface area contributed by atoms with Gasteiger partial charge in [0.1, 0.15) is 5.01 Å². The summed E-state index contributed by atoms with van der Waals surface area (Å²) >= 11 is 6.49. The third-order valence-electron chi connectivity index (χ3n) is 1.11. The van der Waals surface area contributed by atoms with Gasteiger partial charge in [-0.05, 0) is 6.92 Å². The minimum atomic E-state index is -3.35. The summed E-state index contributed by atoms with van der Waals surface area (Å²) in [6.45, 7) is 1.75. The number of hydrogen-bond acceptors (Lipinski definition) is 5. The Morgan fingerprint density at radius 3 is 2.69 bits per heavy atom. The van der Waals surface area contributed by atoms with Crippen molar-refractivity contribution < 1.29 is 8.42 Å². The Bertz CT molecular complexity index is 375. The second-order valence-corrected chi connectivity index (χ2v) is 5.64. The number of nitrogens with zero attached hydrogens (tertiary/aromatic N) is 2. The van der Waals surface area contributed by atoms with E-state index in [-0.39, 0.29) is 16.8 Å². The molecule has 1 rings (SSSR count). The van der Waals surface area contributed by atoms with Crippen LogP contribution >= 0.6 is 22.9 Å². The Hall–Kier alpha value is -0.400. The number of halogens is 1. The molecule has 8 heteroatoms. The molecule has 0 aliphatic heterocycles. The first-order chi connectivity index (χ1) is 6.03. The SMILES string of the molecule is Cc1nnc(NS(=O)(=O)CCCl)s1. The number of rotatable bonds is 4. The summed E-state index contributed by atoms with van der Waals surface area (Å²) in [5, 5.41) is 8.28. The highest BCUT2D eigenvalue weighted by Crippen LogP contribution is 2.15. The van der Waals surface area contributed by atoms with Gasteiger partial charge < -0.3 is 0 Å². The van der Waals surface area contributed by atoms with Crippen LogP contribution in [0.4, 0.5) is 5.13 Å². The zero-order valence-corrected chi connectivity index (χ0v) is 9.21. The van der Waals surface area contributed by atoms with E-state index in [9.17, 15) is 8.42 Å². The highest BCUT2D eigenvalue weighted by Gasteiger charge is 2.11. The number of hydrogen-bond donors (Lipinski definition) is 1. The van der Waals surface area contributed by atoms with Gasteiger partial charge in [-0.1, -0.05) is 11.3 Å². The van der Waals surface area contributed by atoms with Crippen LogP contribution in [-0.2, 0) is 10.0 Å². The van der Waals surface area contributed by atoms with Crippen molar-refractivity contribution in [3.05, 3.63) is 5.01 Å². The number of anilines is 1. The smallest absolute Gasteiger partial charge is 0.235 e.